The van der Waals surface area contributed by atoms with E-state index in [1.807, 2.05) is 28.9 Å². The van der Waals surface area contributed by atoms with Crippen LogP contribution in [0.1, 0.15) is 18.2 Å². The highest BCUT2D eigenvalue weighted by molar-refractivity contribution is 5.99. The average Bonchev–Trinajstić information content (AvgIpc) is 2.90. The fourth-order valence-electron chi connectivity index (χ4n) is 3.01. The molecule has 0 bridgehead atoms. The molecule has 2 aromatic heterocycles. The smallest absolute Gasteiger partial charge is 0.0994 e. The lowest BCUT2D eigenvalue weighted by molar-refractivity contribution is 0.661. The summed E-state index contributed by atoms with van der Waals surface area (Å²) in [4.78, 5) is 4.78. The Hall–Kier alpha value is -2.36. The zero-order valence-corrected chi connectivity index (χ0v) is 11.4. The van der Waals surface area contributed by atoms with Gasteiger partial charge in [-0.15, -0.1) is 0 Å². The van der Waals surface area contributed by atoms with Crippen molar-refractivity contribution in [3.63, 3.8) is 0 Å². The summed E-state index contributed by atoms with van der Waals surface area (Å²) in [5.74, 6) is 0. The zero-order valence-electron chi connectivity index (χ0n) is 11.4. The van der Waals surface area contributed by atoms with Crippen LogP contribution in [-0.2, 0) is 19.4 Å². The minimum atomic E-state index is 0.813. The molecule has 3 aromatic rings. The predicted octanol–water partition coefficient (Wildman–Crippen LogP) is 2.80. The van der Waals surface area contributed by atoms with Gasteiger partial charge in [-0.1, -0.05) is 18.2 Å². The molecule has 100 valence electrons. The number of aromatic nitrogens is 3. The van der Waals surface area contributed by atoms with Gasteiger partial charge in [-0.05, 0) is 31.4 Å². The Morgan fingerprint density at radius 2 is 2.10 bits per heavy atom. The Labute approximate surface area is 117 Å². The first kappa shape index (κ1) is 11.5. The maximum absolute atomic E-state index is 6.42. The van der Waals surface area contributed by atoms with Gasteiger partial charge in [-0.3, -0.25) is 9.67 Å². The van der Waals surface area contributed by atoms with Crippen LogP contribution in [0.2, 0.25) is 0 Å². The van der Waals surface area contributed by atoms with E-state index in [0.29, 0.717) is 0 Å². The van der Waals surface area contributed by atoms with Crippen molar-refractivity contribution in [1.82, 2.24) is 14.8 Å². The molecule has 2 N–H and O–H groups in total. The fourth-order valence-corrected chi connectivity index (χ4v) is 3.01. The van der Waals surface area contributed by atoms with E-state index in [1.165, 1.54) is 5.56 Å². The van der Waals surface area contributed by atoms with E-state index in [0.717, 1.165) is 52.9 Å². The van der Waals surface area contributed by atoms with Crippen molar-refractivity contribution in [2.45, 2.75) is 26.3 Å². The summed E-state index contributed by atoms with van der Waals surface area (Å²) in [6, 6.07) is 8.05. The lowest BCUT2D eigenvalue weighted by Crippen LogP contribution is -2.08. The Balaban J connectivity index is 2.06. The Morgan fingerprint density at radius 3 is 2.95 bits per heavy atom. The Kier molecular flexibility index (Phi) is 2.33. The molecule has 0 saturated carbocycles. The fraction of sp³-hybridized carbons (Fsp3) is 0.250. The van der Waals surface area contributed by atoms with Crippen molar-refractivity contribution < 1.29 is 0 Å². The van der Waals surface area contributed by atoms with Gasteiger partial charge < -0.3 is 5.73 Å². The summed E-state index contributed by atoms with van der Waals surface area (Å²) >= 11 is 0. The van der Waals surface area contributed by atoms with Gasteiger partial charge in [0.2, 0.25) is 0 Å². The highest BCUT2D eigenvalue weighted by Gasteiger charge is 2.24. The highest BCUT2D eigenvalue weighted by atomic mass is 15.3. The summed E-state index contributed by atoms with van der Waals surface area (Å²) in [5, 5.41) is 5.69. The van der Waals surface area contributed by atoms with Gasteiger partial charge in [0.15, 0.2) is 0 Å². The summed E-state index contributed by atoms with van der Waals surface area (Å²) in [5.41, 5.74) is 12.6. The number of aryl methyl sites for hydroxylation is 3. The monoisotopic (exact) mass is 264 g/mol. The SMILES string of the molecule is CCn1cc2c(n1)-c1c(nc3ccccc3c1N)CC2. The van der Waals surface area contributed by atoms with Crippen LogP contribution in [0, 0.1) is 0 Å². The topological polar surface area (TPSA) is 56.7 Å². The number of hydrogen-bond donors (Lipinski definition) is 1. The Bertz CT molecular complexity index is 817. The number of benzene rings is 1. The number of pyridine rings is 1. The molecule has 20 heavy (non-hydrogen) atoms. The van der Waals surface area contributed by atoms with Crippen LogP contribution in [0.3, 0.4) is 0 Å². The zero-order chi connectivity index (χ0) is 13.7. The normalized spacial score (nSPS) is 13.2. The van der Waals surface area contributed by atoms with Gasteiger partial charge in [0.05, 0.1) is 22.6 Å². The largest absolute Gasteiger partial charge is 0.398 e. The van der Waals surface area contributed by atoms with E-state index in [9.17, 15) is 0 Å². The molecule has 0 radical (unpaired) electrons. The van der Waals surface area contributed by atoms with E-state index >= 15 is 0 Å². The van der Waals surface area contributed by atoms with Crippen molar-refractivity contribution in [1.29, 1.82) is 0 Å². The van der Waals surface area contributed by atoms with Crippen molar-refractivity contribution in [3.05, 3.63) is 41.7 Å². The summed E-state index contributed by atoms with van der Waals surface area (Å²) < 4.78 is 1.98. The highest BCUT2D eigenvalue weighted by Crippen LogP contribution is 2.38. The Morgan fingerprint density at radius 1 is 1.25 bits per heavy atom. The molecular weight excluding hydrogens is 248 g/mol. The van der Waals surface area contributed by atoms with Gasteiger partial charge in [-0.2, -0.15) is 5.10 Å². The minimum absolute atomic E-state index is 0.813. The number of fused-ring (bicyclic) bond motifs is 4. The molecule has 0 atom stereocenters. The molecule has 0 spiro atoms. The number of nitrogen functional groups attached to an aromatic ring is 1. The lowest BCUT2D eigenvalue weighted by Gasteiger charge is -2.17. The molecule has 2 heterocycles. The van der Waals surface area contributed by atoms with E-state index in [1.54, 1.807) is 0 Å². The van der Waals surface area contributed by atoms with Crippen LogP contribution in [-0.4, -0.2) is 14.8 Å². The number of rotatable bonds is 1. The molecule has 1 aromatic carbocycles. The minimum Gasteiger partial charge on any atom is -0.398 e. The van der Waals surface area contributed by atoms with Crippen molar-refractivity contribution in [2.24, 2.45) is 0 Å². The number of anilines is 1. The van der Waals surface area contributed by atoms with E-state index in [2.05, 4.69) is 18.2 Å². The van der Waals surface area contributed by atoms with Gasteiger partial charge in [0.1, 0.15) is 0 Å². The second-order valence-electron chi connectivity index (χ2n) is 5.22. The van der Waals surface area contributed by atoms with Gasteiger partial charge in [0, 0.05) is 23.7 Å². The molecule has 0 aliphatic heterocycles. The molecule has 1 aliphatic rings. The predicted molar refractivity (Wildman–Crippen MR) is 80.5 cm³/mol. The van der Waals surface area contributed by atoms with E-state index < -0.39 is 0 Å². The standard InChI is InChI=1S/C16H16N4/c1-2-20-9-10-7-8-13-14(16(10)19-20)15(17)11-5-3-4-6-12(11)18-13/h3-6,9H,2,7-8H2,1H3,(H2,17,18). The molecule has 0 unspecified atom stereocenters. The van der Waals surface area contributed by atoms with Crippen LogP contribution in [0.25, 0.3) is 22.2 Å². The molecule has 4 nitrogen and oxygen atoms in total. The molecule has 0 saturated heterocycles. The number of nitrogens with zero attached hydrogens (tertiary/aromatic N) is 3. The van der Waals surface area contributed by atoms with Gasteiger partial charge >= 0.3 is 0 Å². The molecule has 4 rings (SSSR count). The number of para-hydroxylation sites is 1. The van der Waals surface area contributed by atoms with Crippen molar-refractivity contribution >= 4 is 16.6 Å². The van der Waals surface area contributed by atoms with Crippen molar-refractivity contribution in [3.8, 4) is 11.3 Å². The average molecular weight is 264 g/mol. The second-order valence-corrected chi connectivity index (χ2v) is 5.22. The number of nitrogens with two attached hydrogens (primary N) is 1. The van der Waals surface area contributed by atoms with Gasteiger partial charge in [0.25, 0.3) is 0 Å². The van der Waals surface area contributed by atoms with Crippen LogP contribution < -0.4 is 5.73 Å². The van der Waals surface area contributed by atoms with E-state index in [-0.39, 0.29) is 0 Å². The van der Waals surface area contributed by atoms with Crippen LogP contribution in [0.5, 0.6) is 0 Å². The van der Waals surface area contributed by atoms with E-state index in [4.69, 9.17) is 10.7 Å². The van der Waals surface area contributed by atoms with Crippen LogP contribution in [0.4, 0.5) is 5.69 Å². The maximum Gasteiger partial charge on any atom is 0.0994 e. The maximum atomic E-state index is 6.42. The third kappa shape index (κ3) is 1.48. The molecular formula is C16H16N4. The molecule has 0 fully saturated rings. The first-order valence-corrected chi connectivity index (χ1v) is 7.01. The molecule has 4 heteroatoms. The van der Waals surface area contributed by atoms with Crippen molar-refractivity contribution in [2.75, 3.05) is 5.73 Å². The summed E-state index contributed by atoms with van der Waals surface area (Å²) in [7, 11) is 0. The molecule has 0 amide bonds. The second kappa shape index (κ2) is 4.07. The van der Waals surface area contributed by atoms with Crippen LogP contribution in [0.15, 0.2) is 30.5 Å². The van der Waals surface area contributed by atoms with Crippen LogP contribution >= 0.6 is 0 Å². The quantitative estimate of drug-likeness (QED) is 0.735. The molecule has 1 aliphatic carbocycles. The summed E-state index contributed by atoms with van der Waals surface area (Å²) in [6.45, 7) is 2.98. The first-order chi connectivity index (χ1) is 9.78. The summed E-state index contributed by atoms with van der Waals surface area (Å²) in [6.07, 6.45) is 4.06. The number of hydrogen-bond acceptors (Lipinski definition) is 3. The third-order valence-electron chi connectivity index (χ3n) is 4.04. The lowest BCUT2D eigenvalue weighted by atomic mass is 9.91. The first-order valence-electron chi connectivity index (χ1n) is 7.01. The van der Waals surface area contributed by atoms with Gasteiger partial charge in [-0.25, -0.2) is 0 Å². The third-order valence-corrected chi connectivity index (χ3v) is 4.04.